The van der Waals surface area contributed by atoms with Gasteiger partial charge in [-0.1, -0.05) is 12.1 Å². The number of hydrogen-bond donors (Lipinski definition) is 5. The highest BCUT2D eigenvalue weighted by molar-refractivity contribution is 7.89. The first-order chi connectivity index (χ1) is 14.0. The molecule has 2 aromatic rings. The topological polar surface area (TPSA) is 121 Å². The Morgan fingerprint density at radius 2 is 1.86 bits per heavy atom. The van der Waals surface area contributed by atoms with E-state index in [1.807, 2.05) is 6.07 Å². The highest BCUT2D eigenvalue weighted by atomic mass is 32.2. The molecular weight excluding hydrogens is 394 g/mol. The second-order valence-electron chi connectivity index (χ2n) is 6.66. The number of carbonyl (C=O) groups is 1. The third kappa shape index (κ3) is 6.16. The van der Waals surface area contributed by atoms with Crippen LogP contribution < -0.4 is 30.9 Å². The molecule has 1 aliphatic rings. The molecular formula is C19H25N5O4S. The van der Waals surface area contributed by atoms with Crippen molar-refractivity contribution < 1.29 is 17.9 Å². The maximum Gasteiger partial charge on any atom is 0.319 e. The predicted octanol–water partition coefficient (Wildman–Crippen LogP) is 1.02. The number of amides is 2. The van der Waals surface area contributed by atoms with E-state index in [0.717, 1.165) is 18.7 Å². The monoisotopic (exact) mass is 419 g/mol. The number of hydrogen-bond acceptors (Lipinski definition) is 6. The van der Waals surface area contributed by atoms with E-state index in [1.165, 1.54) is 12.1 Å². The molecule has 0 bridgehead atoms. The number of nitrogens with one attached hydrogen (secondary N) is 5. The standard InChI is InChI=1S/C19H25N5O4S/c1-28-17-4-2-3-14(9-17)13-23-29(26,27)18-7-5-16(6-8-18)24-19(25)20-10-15-11-21-22-12-15/h2-9,15,21-23H,10-13H2,1H3,(H2,20,24,25). The lowest BCUT2D eigenvalue weighted by Crippen LogP contribution is -2.34. The summed E-state index contributed by atoms with van der Waals surface area (Å²) in [5.74, 6) is 1.000. The van der Waals surface area contributed by atoms with Crippen LogP contribution in [0.3, 0.4) is 0 Å². The fourth-order valence-corrected chi connectivity index (χ4v) is 3.84. The molecule has 156 valence electrons. The second kappa shape index (κ2) is 9.70. The zero-order valence-electron chi connectivity index (χ0n) is 16.1. The molecule has 0 spiro atoms. The molecule has 2 aromatic carbocycles. The van der Waals surface area contributed by atoms with Crippen LogP contribution in [0.2, 0.25) is 0 Å². The van der Waals surface area contributed by atoms with Crippen molar-refractivity contribution in [1.82, 2.24) is 20.9 Å². The number of methoxy groups -OCH3 is 1. The van der Waals surface area contributed by atoms with Gasteiger partial charge < -0.3 is 15.4 Å². The fourth-order valence-electron chi connectivity index (χ4n) is 2.82. The molecule has 9 nitrogen and oxygen atoms in total. The Balaban J connectivity index is 1.52. The number of ether oxygens (including phenoxy) is 1. The van der Waals surface area contributed by atoms with Gasteiger partial charge in [-0.2, -0.15) is 0 Å². The van der Waals surface area contributed by atoms with E-state index in [-0.39, 0.29) is 17.5 Å². The van der Waals surface area contributed by atoms with E-state index >= 15 is 0 Å². The van der Waals surface area contributed by atoms with E-state index in [2.05, 4.69) is 26.2 Å². The summed E-state index contributed by atoms with van der Waals surface area (Å²) in [4.78, 5) is 12.1. The van der Waals surface area contributed by atoms with Gasteiger partial charge in [-0.25, -0.2) is 17.9 Å². The lowest BCUT2D eigenvalue weighted by atomic mass is 10.2. The Kier molecular flexibility index (Phi) is 7.04. The number of benzene rings is 2. The first-order valence-electron chi connectivity index (χ1n) is 9.19. The van der Waals surface area contributed by atoms with Crippen molar-refractivity contribution in [3.8, 4) is 5.75 Å². The summed E-state index contributed by atoms with van der Waals surface area (Å²) in [7, 11) is -2.12. The Morgan fingerprint density at radius 1 is 1.14 bits per heavy atom. The number of carbonyl (C=O) groups excluding carboxylic acids is 1. The van der Waals surface area contributed by atoms with Crippen molar-refractivity contribution in [2.45, 2.75) is 11.4 Å². The highest BCUT2D eigenvalue weighted by Crippen LogP contribution is 2.16. The van der Waals surface area contributed by atoms with Gasteiger partial charge in [-0.05, 0) is 42.0 Å². The molecule has 29 heavy (non-hydrogen) atoms. The third-order valence-corrected chi connectivity index (χ3v) is 5.90. The summed E-state index contributed by atoms with van der Waals surface area (Å²) in [5, 5.41) is 5.49. The Morgan fingerprint density at radius 3 is 2.55 bits per heavy atom. The number of hydrazine groups is 1. The van der Waals surface area contributed by atoms with E-state index in [0.29, 0.717) is 23.9 Å². The maximum atomic E-state index is 12.5. The zero-order chi connectivity index (χ0) is 20.7. The van der Waals surface area contributed by atoms with Gasteiger partial charge >= 0.3 is 6.03 Å². The average molecular weight is 420 g/mol. The van der Waals surface area contributed by atoms with Crippen LogP contribution in [0.15, 0.2) is 53.4 Å². The number of sulfonamides is 1. The van der Waals surface area contributed by atoms with Crippen molar-refractivity contribution in [3.63, 3.8) is 0 Å². The van der Waals surface area contributed by atoms with Gasteiger partial charge in [0.25, 0.3) is 0 Å². The molecule has 0 saturated carbocycles. The van der Waals surface area contributed by atoms with Gasteiger partial charge in [0.2, 0.25) is 10.0 Å². The van der Waals surface area contributed by atoms with Crippen LogP contribution in [0.4, 0.5) is 10.5 Å². The molecule has 5 N–H and O–H groups in total. The normalized spacial score (nSPS) is 14.5. The first-order valence-corrected chi connectivity index (χ1v) is 10.7. The molecule has 1 heterocycles. The van der Waals surface area contributed by atoms with E-state index < -0.39 is 10.0 Å². The zero-order valence-corrected chi connectivity index (χ0v) is 16.9. The number of rotatable bonds is 8. The van der Waals surface area contributed by atoms with Crippen LogP contribution in [0, 0.1) is 5.92 Å². The largest absolute Gasteiger partial charge is 0.497 e. The van der Waals surface area contributed by atoms with Crippen molar-refractivity contribution in [1.29, 1.82) is 0 Å². The van der Waals surface area contributed by atoms with Crippen molar-refractivity contribution in [2.24, 2.45) is 5.92 Å². The van der Waals surface area contributed by atoms with Crippen LogP contribution in [0.5, 0.6) is 5.75 Å². The summed E-state index contributed by atoms with van der Waals surface area (Å²) in [5.41, 5.74) is 7.30. The van der Waals surface area contributed by atoms with Gasteiger partial charge in [0.05, 0.1) is 12.0 Å². The third-order valence-electron chi connectivity index (χ3n) is 4.48. The van der Waals surface area contributed by atoms with Crippen LogP contribution in [0.1, 0.15) is 5.56 Å². The SMILES string of the molecule is COc1cccc(CNS(=O)(=O)c2ccc(NC(=O)NCC3CNNC3)cc2)c1. The summed E-state index contributed by atoms with van der Waals surface area (Å²) in [6.07, 6.45) is 0. The molecule has 2 amide bonds. The predicted molar refractivity (Wildman–Crippen MR) is 110 cm³/mol. The maximum absolute atomic E-state index is 12.5. The second-order valence-corrected chi connectivity index (χ2v) is 8.43. The molecule has 1 fully saturated rings. The molecule has 0 radical (unpaired) electrons. The Hall–Kier alpha value is -2.66. The van der Waals surface area contributed by atoms with Gasteiger partial charge in [0.15, 0.2) is 0 Å². The number of urea groups is 1. The van der Waals surface area contributed by atoms with E-state index in [9.17, 15) is 13.2 Å². The summed E-state index contributed by atoms with van der Waals surface area (Å²) in [6, 6.07) is 12.9. The molecule has 10 heteroatoms. The molecule has 0 aromatic heterocycles. The quantitative estimate of drug-likeness (QED) is 0.436. The molecule has 1 saturated heterocycles. The molecule has 1 aliphatic heterocycles. The summed E-state index contributed by atoms with van der Waals surface area (Å²) < 4.78 is 32.7. The fraction of sp³-hybridized carbons (Fsp3) is 0.316. The van der Waals surface area contributed by atoms with E-state index in [4.69, 9.17) is 4.74 Å². The summed E-state index contributed by atoms with van der Waals surface area (Å²) >= 11 is 0. The van der Waals surface area contributed by atoms with Crippen LogP contribution in [-0.4, -0.2) is 41.2 Å². The van der Waals surface area contributed by atoms with Gasteiger partial charge in [0.1, 0.15) is 5.75 Å². The molecule has 0 atom stereocenters. The molecule has 0 unspecified atom stereocenters. The Labute approximate surface area is 170 Å². The van der Waals surface area contributed by atoms with Crippen LogP contribution in [-0.2, 0) is 16.6 Å². The van der Waals surface area contributed by atoms with Crippen LogP contribution >= 0.6 is 0 Å². The Bertz CT molecular complexity index is 928. The van der Waals surface area contributed by atoms with Crippen molar-refractivity contribution in [3.05, 3.63) is 54.1 Å². The molecule has 0 aliphatic carbocycles. The lowest BCUT2D eigenvalue weighted by molar-refractivity contribution is 0.250. The van der Waals surface area contributed by atoms with Gasteiger partial charge in [0, 0.05) is 37.8 Å². The highest BCUT2D eigenvalue weighted by Gasteiger charge is 2.16. The van der Waals surface area contributed by atoms with Crippen molar-refractivity contribution >= 4 is 21.7 Å². The van der Waals surface area contributed by atoms with E-state index in [1.54, 1.807) is 37.4 Å². The van der Waals surface area contributed by atoms with Gasteiger partial charge in [-0.3, -0.25) is 10.9 Å². The minimum Gasteiger partial charge on any atom is -0.497 e. The average Bonchev–Trinajstić information content (AvgIpc) is 3.25. The lowest BCUT2D eigenvalue weighted by Gasteiger charge is -2.11. The molecule has 3 rings (SSSR count). The minimum atomic E-state index is -3.68. The van der Waals surface area contributed by atoms with Crippen molar-refractivity contribution in [2.75, 3.05) is 32.1 Å². The number of anilines is 1. The van der Waals surface area contributed by atoms with Crippen LogP contribution in [0.25, 0.3) is 0 Å². The van der Waals surface area contributed by atoms with Gasteiger partial charge in [-0.15, -0.1) is 0 Å². The smallest absolute Gasteiger partial charge is 0.319 e. The first kappa shape index (κ1) is 21.1. The summed E-state index contributed by atoms with van der Waals surface area (Å²) in [6.45, 7) is 2.30. The minimum absolute atomic E-state index is 0.120.